The minimum atomic E-state index is -3.59. The average Bonchev–Trinajstić information content (AvgIpc) is 3.27. The molecule has 1 N–H and O–H groups in total. The summed E-state index contributed by atoms with van der Waals surface area (Å²) >= 11 is 1.45. The molecule has 0 spiro atoms. The van der Waals surface area contributed by atoms with Crippen LogP contribution >= 0.6 is 11.3 Å². The number of aryl methyl sites for hydroxylation is 1. The van der Waals surface area contributed by atoms with Gasteiger partial charge in [0.05, 0.1) is 18.1 Å². The molecule has 2 aromatic rings. The highest BCUT2D eigenvalue weighted by Crippen LogP contribution is 2.33. The molecule has 1 saturated heterocycles. The number of hydrogen-bond acceptors (Lipinski definition) is 7. The summed E-state index contributed by atoms with van der Waals surface area (Å²) in [6.45, 7) is 3.16. The third-order valence-electron chi connectivity index (χ3n) is 6.04. The molecule has 0 saturated carbocycles. The van der Waals surface area contributed by atoms with Crippen molar-refractivity contribution in [1.29, 1.82) is 0 Å². The molecular formula is C23H28N2O6S2. The van der Waals surface area contributed by atoms with Crippen LogP contribution in [0.25, 0.3) is 0 Å². The van der Waals surface area contributed by atoms with Crippen LogP contribution in [0.15, 0.2) is 35.2 Å². The van der Waals surface area contributed by atoms with Gasteiger partial charge in [-0.3, -0.25) is 4.79 Å². The minimum absolute atomic E-state index is 0.154. The van der Waals surface area contributed by atoms with Crippen LogP contribution in [0, 0.1) is 5.92 Å². The van der Waals surface area contributed by atoms with Gasteiger partial charge in [0.15, 0.2) is 6.61 Å². The molecule has 178 valence electrons. The summed E-state index contributed by atoms with van der Waals surface area (Å²) in [5.41, 5.74) is 1.65. The second kappa shape index (κ2) is 10.3. The maximum atomic E-state index is 12.7. The Kier molecular flexibility index (Phi) is 7.48. The summed E-state index contributed by atoms with van der Waals surface area (Å²) < 4.78 is 37.1. The normalized spacial score (nSPS) is 19.0. The van der Waals surface area contributed by atoms with E-state index in [0.29, 0.717) is 42.8 Å². The number of carbonyl (C=O) groups is 2. The van der Waals surface area contributed by atoms with Crippen molar-refractivity contribution in [1.82, 2.24) is 4.31 Å². The SMILES string of the molecule is CCC1CCc2sc(C(=O)OCC(=O)Nc3ccc(S(=O)(=O)N4CCOCC4)cc3)cc2C1. The van der Waals surface area contributed by atoms with E-state index in [-0.39, 0.29) is 4.90 Å². The van der Waals surface area contributed by atoms with Gasteiger partial charge >= 0.3 is 5.97 Å². The number of nitrogens with one attached hydrogen (secondary N) is 1. The highest BCUT2D eigenvalue weighted by molar-refractivity contribution is 7.89. The van der Waals surface area contributed by atoms with Gasteiger partial charge in [0, 0.05) is 23.7 Å². The maximum Gasteiger partial charge on any atom is 0.348 e. The van der Waals surface area contributed by atoms with Gasteiger partial charge in [0.2, 0.25) is 10.0 Å². The average molecular weight is 493 g/mol. The van der Waals surface area contributed by atoms with Crippen LogP contribution in [0.3, 0.4) is 0 Å². The number of rotatable bonds is 7. The molecule has 1 atom stereocenters. The van der Waals surface area contributed by atoms with Crippen LogP contribution in [-0.2, 0) is 37.1 Å². The van der Waals surface area contributed by atoms with Crippen LogP contribution < -0.4 is 5.32 Å². The Hall–Kier alpha value is -2.27. The van der Waals surface area contributed by atoms with E-state index in [1.165, 1.54) is 50.3 Å². The first-order chi connectivity index (χ1) is 15.9. The quantitative estimate of drug-likeness (QED) is 0.596. The predicted octanol–water partition coefficient (Wildman–Crippen LogP) is 3.08. The van der Waals surface area contributed by atoms with E-state index < -0.39 is 28.5 Å². The first-order valence-electron chi connectivity index (χ1n) is 11.1. The second-order valence-electron chi connectivity index (χ2n) is 8.24. The first kappa shape index (κ1) is 23.9. The van der Waals surface area contributed by atoms with Crippen molar-refractivity contribution in [2.45, 2.75) is 37.5 Å². The number of hydrogen-bond donors (Lipinski definition) is 1. The zero-order valence-electron chi connectivity index (χ0n) is 18.5. The molecular weight excluding hydrogens is 464 g/mol. The fraction of sp³-hybridized carbons (Fsp3) is 0.478. The molecule has 1 aliphatic carbocycles. The number of ether oxygens (including phenoxy) is 2. The number of carbonyl (C=O) groups excluding carboxylic acids is 2. The lowest BCUT2D eigenvalue weighted by atomic mass is 9.87. The standard InChI is InChI=1S/C23H28N2O6S2/c1-2-16-3-8-20-17(13-16)14-21(32-20)23(27)31-15-22(26)24-18-4-6-19(7-5-18)33(28,29)25-9-11-30-12-10-25/h4-7,14,16H,2-3,8-13,15H2,1H3,(H,24,26). The monoisotopic (exact) mass is 492 g/mol. The molecule has 1 aromatic heterocycles. The van der Waals surface area contributed by atoms with Crippen LogP contribution in [0.4, 0.5) is 5.69 Å². The van der Waals surface area contributed by atoms with Crippen LogP contribution in [0.1, 0.15) is 39.9 Å². The number of nitrogens with zero attached hydrogens (tertiary/aromatic N) is 1. The highest BCUT2D eigenvalue weighted by Gasteiger charge is 2.26. The Morgan fingerprint density at radius 3 is 2.64 bits per heavy atom. The largest absolute Gasteiger partial charge is 0.451 e. The Bertz CT molecular complexity index is 1100. The minimum Gasteiger partial charge on any atom is -0.451 e. The molecule has 10 heteroatoms. The molecule has 4 rings (SSSR count). The summed E-state index contributed by atoms with van der Waals surface area (Å²) in [6.07, 6.45) is 4.26. The Balaban J connectivity index is 1.29. The van der Waals surface area contributed by atoms with E-state index in [4.69, 9.17) is 9.47 Å². The van der Waals surface area contributed by atoms with Crippen molar-refractivity contribution in [3.05, 3.63) is 45.6 Å². The number of fused-ring (bicyclic) bond motifs is 1. The summed E-state index contributed by atoms with van der Waals surface area (Å²) in [4.78, 5) is 26.6. The van der Waals surface area contributed by atoms with Crippen molar-refractivity contribution in [3.8, 4) is 0 Å². The fourth-order valence-corrected chi connectivity index (χ4v) is 6.60. The molecule has 2 heterocycles. The summed E-state index contributed by atoms with van der Waals surface area (Å²) in [7, 11) is -3.59. The first-order valence-corrected chi connectivity index (χ1v) is 13.4. The molecule has 1 aromatic carbocycles. The van der Waals surface area contributed by atoms with Gasteiger partial charge in [0.1, 0.15) is 4.88 Å². The lowest BCUT2D eigenvalue weighted by Crippen LogP contribution is -2.40. The van der Waals surface area contributed by atoms with Gasteiger partial charge in [-0.25, -0.2) is 13.2 Å². The van der Waals surface area contributed by atoms with Crippen molar-refractivity contribution < 1.29 is 27.5 Å². The molecule has 0 radical (unpaired) electrons. The zero-order chi connectivity index (χ0) is 23.4. The molecule has 1 aliphatic heterocycles. The molecule has 33 heavy (non-hydrogen) atoms. The van der Waals surface area contributed by atoms with E-state index >= 15 is 0 Å². The zero-order valence-corrected chi connectivity index (χ0v) is 20.2. The fourth-order valence-electron chi connectivity index (χ4n) is 4.09. The molecule has 1 amide bonds. The number of benzene rings is 1. The third-order valence-corrected chi connectivity index (χ3v) is 9.17. The van der Waals surface area contributed by atoms with Crippen molar-refractivity contribution >= 4 is 38.9 Å². The van der Waals surface area contributed by atoms with Crippen LogP contribution in [0.2, 0.25) is 0 Å². The van der Waals surface area contributed by atoms with Gasteiger partial charge in [0.25, 0.3) is 5.91 Å². The summed E-state index contributed by atoms with van der Waals surface area (Å²) in [5, 5.41) is 2.63. The van der Waals surface area contributed by atoms with Crippen molar-refractivity contribution in [3.63, 3.8) is 0 Å². The highest BCUT2D eigenvalue weighted by atomic mass is 32.2. The Morgan fingerprint density at radius 2 is 1.94 bits per heavy atom. The Labute approximate surface area is 197 Å². The van der Waals surface area contributed by atoms with Gasteiger partial charge in [-0.15, -0.1) is 11.3 Å². The van der Waals surface area contributed by atoms with Gasteiger partial charge in [-0.1, -0.05) is 13.3 Å². The molecule has 8 nitrogen and oxygen atoms in total. The molecule has 1 fully saturated rings. The molecule has 2 aliphatic rings. The van der Waals surface area contributed by atoms with Gasteiger partial charge in [-0.2, -0.15) is 4.31 Å². The van der Waals surface area contributed by atoms with E-state index in [0.717, 1.165) is 25.7 Å². The number of sulfonamides is 1. The summed E-state index contributed by atoms with van der Waals surface area (Å²) in [6, 6.07) is 7.84. The van der Waals surface area contributed by atoms with Crippen LogP contribution in [-0.4, -0.2) is 57.5 Å². The summed E-state index contributed by atoms with van der Waals surface area (Å²) in [5.74, 6) is -0.318. The van der Waals surface area contributed by atoms with Gasteiger partial charge in [-0.05, 0) is 61.1 Å². The number of anilines is 1. The predicted molar refractivity (Wildman–Crippen MR) is 125 cm³/mol. The topological polar surface area (TPSA) is 102 Å². The Morgan fingerprint density at radius 1 is 1.21 bits per heavy atom. The van der Waals surface area contributed by atoms with E-state index in [2.05, 4.69) is 12.2 Å². The maximum absolute atomic E-state index is 12.7. The third kappa shape index (κ3) is 5.63. The number of morpholine rings is 1. The lowest BCUT2D eigenvalue weighted by Gasteiger charge is -2.26. The second-order valence-corrected chi connectivity index (χ2v) is 11.3. The van der Waals surface area contributed by atoms with Crippen molar-refractivity contribution in [2.75, 3.05) is 38.2 Å². The van der Waals surface area contributed by atoms with E-state index in [1.807, 2.05) is 6.07 Å². The van der Waals surface area contributed by atoms with Crippen LogP contribution in [0.5, 0.6) is 0 Å². The lowest BCUT2D eigenvalue weighted by molar-refractivity contribution is -0.119. The van der Waals surface area contributed by atoms with Gasteiger partial charge < -0.3 is 14.8 Å². The molecule has 0 bridgehead atoms. The van der Waals surface area contributed by atoms with E-state index in [1.54, 1.807) is 0 Å². The number of esters is 1. The number of amides is 1. The van der Waals surface area contributed by atoms with Crippen molar-refractivity contribution in [2.24, 2.45) is 5.92 Å². The number of thiophene rings is 1. The molecule has 1 unspecified atom stereocenters. The smallest absolute Gasteiger partial charge is 0.348 e. The van der Waals surface area contributed by atoms with E-state index in [9.17, 15) is 18.0 Å².